The molecule has 0 radical (unpaired) electrons. The smallest absolute Gasteiger partial charge is 0.324 e. The highest BCUT2D eigenvalue weighted by Gasteiger charge is 2.35. The average molecular weight is 328 g/mol. The molecule has 0 heterocycles. The van der Waals surface area contributed by atoms with Crippen LogP contribution in [0.1, 0.15) is 49.3 Å². The molecule has 114 valence electrons. The van der Waals surface area contributed by atoms with Crippen molar-refractivity contribution in [2.45, 2.75) is 44.3 Å². The minimum Gasteiger partial charge on any atom is -0.324 e. The molecular formula is C14H18Cl2F3N. The lowest BCUT2D eigenvalue weighted by atomic mass is 9.81. The molecule has 0 bridgehead atoms. The number of hydrogen-bond donors (Lipinski definition) is 1. The van der Waals surface area contributed by atoms with E-state index in [1.165, 1.54) is 12.5 Å². The van der Waals surface area contributed by atoms with E-state index in [0.29, 0.717) is 5.56 Å². The van der Waals surface area contributed by atoms with Crippen LogP contribution in [-0.2, 0) is 6.18 Å². The fraction of sp³-hybridized carbons (Fsp3) is 0.571. The first-order chi connectivity index (χ1) is 8.91. The Kier molecular flexibility index (Phi) is 6.17. The Balaban J connectivity index is 0.00000200. The highest BCUT2D eigenvalue weighted by molar-refractivity contribution is 6.32. The molecule has 0 spiro atoms. The van der Waals surface area contributed by atoms with E-state index in [9.17, 15) is 13.2 Å². The van der Waals surface area contributed by atoms with Crippen LogP contribution in [0.4, 0.5) is 13.2 Å². The van der Waals surface area contributed by atoms with Gasteiger partial charge >= 0.3 is 6.18 Å². The van der Waals surface area contributed by atoms with Crippen molar-refractivity contribution in [1.29, 1.82) is 0 Å². The molecule has 0 aliphatic heterocycles. The summed E-state index contributed by atoms with van der Waals surface area (Å²) in [6.45, 7) is 0. The largest absolute Gasteiger partial charge is 0.417 e. The van der Waals surface area contributed by atoms with Crippen molar-refractivity contribution in [3.63, 3.8) is 0 Å². The molecule has 1 nitrogen and oxygen atoms in total. The standard InChI is InChI=1S/C14H17ClF3N.ClH/c15-12-10(7-4-8-11(12)14(16,17)18)13(19)9-5-2-1-3-6-9;/h4,7-9,13H,1-3,5-6,19H2;1H/t13-;/m0./s1. The minimum absolute atomic E-state index is 0. The molecule has 0 saturated heterocycles. The van der Waals surface area contributed by atoms with Gasteiger partial charge in [0, 0.05) is 6.04 Å². The van der Waals surface area contributed by atoms with Gasteiger partial charge in [-0.15, -0.1) is 12.4 Å². The van der Waals surface area contributed by atoms with Crippen LogP contribution >= 0.6 is 24.0 Å². The number of rotatable bonds is 2. The third-order valence-electron chi connectivity index (χ3n) is 3.85. The Hall–Kier alpha value is -0.450. The lowest BCUT2D eigenvalue weighted by molar-refractivity contribution is -0.137. The first-order valence-electron chi connectivity index (χ1n) is 6.52. The third kappa shape index (κ3) is 3.80. The van der Waals surface area contributed by atoms with Crippen LogP contribution in [0.3, 0.4) is 0 Å². The molecule has 2 rings (SSSR count). The summed E-state index contributed by atoms with van der Waals surface area (Å²) in [5.41, 5.74) is 5.76. The molecule has 1 aromatic carbocycles. The van der Waals surface area contributed by atoms with Crippen molar-refractivity contribution in [3.05, 3.63) is 34.3 Å². The fourth-order valence-corrected chi connectivity index (χ4v) is 3.13. The normalized spacial score (nSPS) is 18.4. The van der Waals surface area contributed by atoms with E-state index in [2.05, 4.69) is 0 Å². The molecule has 2 N–H and O–H groups in total. The van der Waals surface area contributed by atoms with Gasteiger partial charge in [0.2, 0.25) is 0 Å². The van der Waals surface area contributed by atoms with Gasteiger partial charge in [0.25, 0.3) is 0 Å². The molecule has 1 fully saturated rings. The number of alkyl halides is 3. The van der Waals surface area contributed by atoms with Crippen LogP contribution in [0.15, 0.2) is 18.2 Å². The van der Waals surface area contributed by atoms with Crippen LogP contribution in [-0.4, -0.2) is 0 Å². The Morgan fingerprint density at radius 1 is 1.15 bits per heavy atom. The van der Waals surface area contributed by atoms with Gasteiger partial charge in [0.05, 0.1) is 10.6 Å². The van der Waals surface area contributed by atoms with Gasteiger partial charge in [-0.25, -0.2) is 0 Å². The fourth-order valence-electron chi connectivity index (χ4n) is 2.77. The Bertz CT molecular complexity index is 443. The highest BCUT2D eigenvalue weighted by atomic mass is 35.5. The van der Waals surface area contributed by atoms with Gasteiger partial charge in [0.15, 0.2) is 0 Å². The zero-order valence-electron chi connectivity index (χ0n) is 10.9. The molecule has 0 amide bonds. The summed E-state index contributed by atoms with van der Waals surface area (Å²) < 4.78 is 38.4. The Labute approximate surface area is 128 Å². The summed E-state index contributed by atoms with van der Waals surface area (Å²) in [7, 11) is 0. The summed E-state index contributed by atoms with van der Waals surface area (Å²) >= 11 is 5.91. The zero-order valence-corrected chi connectivity index (χ0v) is 12.5. The van der Waals surface area contributed by atoms with Crippen LogP contribution < -0.4 is 5.73 Å². The maximum absolute atomic E-state index is 12.8. The van der Waals surface area contributed by atoms with Crippen molar-refractivity contribution < 1.29 is 13.2 Å². The number of benzene rings is 1. The average Bonchev–Trinajstić information content (AvgIpc) is 2.38. The van der Waals surface area contributed by atoms with Crippen LogP contribution in [0.25, 0.3) is 0 Å². The van der Waals surface area contributed by atoms with E-state index in [1.807, 2.05) is 0 Å². The maximum Gasteiger partial charge on any atom is 0.417 e. The van der Waals surface area contributed by atoms with Crippen LogP contribution in [0.2, 0.25) is 5.02 Å². The van der Waals surface area contributed by atoms with Crippen molar-refractivity contribution in [1.82, 2.24) is 0 Å². The van der Waals surface area contributed by atoms with Gasteiger partial charge in [0.1, 0.15) is 0 Å². The quantitative estimate of drug-likeness (QED) is 0.777. The monoisotopic (exact) mass is 327 g/mol. The molecule has 1 aliphatic carbocycles. The second-order valence-electron chi connectivity index (χ2n) is 5.13. The van der Waals surface area contributed by atoms with Gasteiger partial charge in [-0.2, -0.15) is 13.2 Å². The maximum atomic E-state index is 12.8. The zero-order chi connectivity index (χ0) is 14.0. The highest BCUT2D eigenvalue weighted by Crippen LogP contribution is 2.41. The molecular weight excluding hydrogens is 310 g/mol. The van der Waals surface area contributed by atoms with Crippen molar-refractivity contribution in [2.75, 3.05) is 0 Å². The van der Waals surface area contributed by atoms with E-state index in [0.717, 1.165) is 31.7 Å². The lowest BCUT2D eigenvalue weighted by Crippen LogP contribution is -2.24. The van der Waals surface area contributed by atoms with Gasteiger partial charge in [-0.1, -0.05) is 43.0 Å². The van der Waals surface area contributed by atoms with Gasteiger partial charge < -0.3 is 5.73 Å². The van der Waals surface area contributed by atoms with Crippen molar-refractivity contribution in [2.24, 2.45) is 11.7 Å². The van der Waals surface area contributed by atoms with Crippen molar-refractivity contribution in [3.8, 4) is 0 Å². The summed E-state index contributed by atoms with van der Waals surface area (Å²) in [5, 5.41) is -0.243. The second-order valence-corrected chi connectivity index (χ2v) is 5.51. The Morgan fingerprint density at radius 3 is 2.30 bits per heavy atom. The summed E-state index contributed by atoms with van der Waals surface area (Å²) in [6.07, 6.45) is 0.865. The molecule has 1 aliphatic rings. The SMILES string of the molecule is Cl.N[C@H](c1cccc(C(F)(F)F)c1Cl)C1CCCCC1. The summed E-state index contributed by atoms with van der Waals surface area (Å²) in [4.78, 5) is 0. The predicted octanol–water partition coefficient (Wildman–Crippen LogP) is 5.36. The van der Waals surface area contributed by atoms with Crippen LogP contribution in [0, 0.1) is 5.92 Å². The lowest BCUT2D eigenvalue weighted by Gasteiger charge is -2.28. The predicted molar refractivity (Wildman–Crippen MR) is 77.2 cm³/mol. The minimum atomic E-state index is -4.43. The molecule has 0 aromatic heterocycles. The molecule has 1 aromatic rings. The first kappa shape index (κ1) is 17.6. The number of halogens is 5. The first-order valence-corrected chi connectivity index (χ1v) is 6.90. The van der Waals surface area contributed by atoms with E-state index >= 15 is 0 Å². The summed E-state index contributed by atoms with van der Waals surface area (Å²) in [5.74, 6) is 0.231. The molecule has 1 atom stereocenters. The number of nitrogens with two attached hydrogens (primary N) is 1. The van der Waals surface area contributed by atoms with E-state index in [1.54, 1.807) is 6.07 Å². The number of hydrogen-bond acceptors (Lipinski definition) is 1. The summed E-state index contributed by atoms with van der Waals surface area (Å²) in [6, 6.07) is 3.58. The van der Waals surface area contributed by atoms with E-state index in [4.69, 9.17) is 17.3 Å². The van der Waals surface area contributed by atoms with Crippen LogP contribution in [0.5, 0.6) is 0 Å². The molecule has 6 heteroatoms. The molecule has 20 heavy (non-hydrogen) atoms. The van der Waals surface area contributed by atoms with E-state index < -0.39 is 17.8 Å². The third-order valence-corrected chi connectivity index (χ3v) is 4.27. The van der Waals surface area contributed by atoms with Crippen molar-refractivity contribution >= 4 is 24.0 Å². The molecule has 0 unspecified atom stereocenters. The topological polar surface area (TPSA) is 26.0 Å². The second kappa shape index (κ2) is 7.01. The molecule has 1 saturated carbocycles. The van der Waals surface area contributed by atoms with Gasteiger partial charge in [-0.3, -0.25) is 0 Å². The van der Waals surface area contributed by atoms with Gasteiger partial charge in [-0.05, 0) is 30.4 Å². The Morgan fingerprint density at radius 2 is 1.75 bits per heavy atom. The van der Waals surface area contributed by atoms with E-state index in [-0.39, 0.29) is 23.3 Å².